The summed E-state index contributed by atoms with van der Waals surface area (Å²) in [5, 5.41) is 6.77. The first kappa shape index (κ1) is 18.4. The van der Waals surface area contributed by atoms with Gasteiger partial charge in [0.05, 0.1) is 21.3 Å². The quantitative estimate of drug-likeness (QED) is 0.635. The molecule has 0 aliphatic rings. The zero-order chi connectivity index (χ0) is 17.4. The average molecular weight is 395 g/mol. The van der Waals surface area contributed by atoms with E-state index in [-0.39, 0.29) is 0 Å². The molecule has 0 unspecified atom stereocenters. The molecule has 24 heavy (non-hydrogen) atoms. The van der Waals surface area contributed by atoms with Crippen molar-refractivity contribution in [2.75, 3.05) is 39.7 Å². The fourth-order valence-electron chi connectivity index (χ4n) is 2.30. The molecule has 0 radical (unpaired) electrons. The highest BCUT2D eigenvalue weighted by Crippen LogP contribution is 2.27. The van der Waals surface area contributed by atoms with Gasteiger partial charge in [-0.15, -0.1) is 0 Å². The summed E-state index contributed by atoms with van der Waals surface area (Å²) in [6.45, 7) is 2.42. The van der Waals surface area contributed by atoms with E-state index < -0.39 is 0 Å². The van der Waals surface area contributed by atoms with E-state index in [1.165, 1.54) is 0 Å². The third-order valence-electron chi connectivity index (χ3n) is 3.51. The van der Waals surface area contributed by atoms with E-state index in [1.54, 1.807) is 21.3 Å². The molecule has 0 bridgehead atoms. The van der Waals surface area contributed by atoms with Gasteiger partial charge in [0.1, 0.15) is 5.75 Å². The molecule has 130 valence electrons. The van der Waals surface area contributed by atoms with Crippen molar-refractivity contribution in [1.82, 2.24) is 5.32 Å². The Bertz CT molecular complexity index is 665. The van der Waals surface area contributed by atoms with Crippen molar-refractivity contribution >= 4 is 21.6 Å². The van der Waals surface area contributed by atoms with E-state index in [0.29, 0.717) is 0 Å². The molecule has 0 aliphatic carbocycles. The van der Waals surface area contributed by atoms with Gasteiger partial charge in [0.25, 0.3) is 0 Å². The zero-order valence-electron chi connectivity index (χ0n) is 14.2. The molecule has 0 atom stereocenters. The summed E-state index contributed by atoms with van der Waals surface area (Å²) >= 11 is 3.47. The van der Waals surface area contributed by atoms with Crippen LogP contribution >= 0.6 is 15.9 Å². The highest BCUT2D eigenvalue weighted by molar-refractivity contribution is 9.10. The second-order valence-corrected chi connectivity index (χ2v) is 6.09. The predicted octanol–water partition coefficient (Wildman–Crippen LogP) is 3.68. The van der Waals surface area contributed by atoms with E-state index in [2.05, 4.69) is 26.6 Å². The molecule has 2 rings (SSSR count). The monoisotopic (exact) mass is 394 g/mol. The highest BCUT2D eigenvalue weighted by atomic mass is 79.9. The van der Waals surface area contributed by atoms with Crippen molar-refractivity contribution in [3.05, 3.63) is 46.4 Å². The smallest absolute Gasteiger partial charge is 0.161 e. The normalized spacial score (nSPS) is 10.3. The van der Waals surface area contributed by atoms with Crippen LogP contribution in [0.2, 0.25) is 0 Å². The van der Waals surface area contributed by atoms with E-state index in [4.69, 9.17) is 14.2 Å². The van der Waals surface area contributed by atoms with Crippen molar-refractivity contribution in [2.45, 2.75) is 6.54 Å². The van der Waals surface area contributed by atoms with Gasteiger partial charge in [-0.05, 0) is 29.8 Å². The second-order valence-electron chi connectivity index (χ2n) is 5.17. The van der Waals surface area contributed by atoms with Crippen molar-refractivity contribution in [3.63, 3.8) is 0 Å². The van der Waals surface area contributed by atoms with Gasteiger partial charge >= 0.3 is 0 Å². The average Bonchev–Trinajstić information content (AvgIpc) is 2.60. The van der Waals surface area contributed by atoms with Crippen molar-refractivity contribution in [2.24, 2.45) is 0 Å². The number of hydrogen-bond acceptors (Lipinski definition) is 5. The minimum atomic E-state index is 0.742. The SMILES string of the molecule is COc1cc(Br)cc(NCCNCc2ccc(OC)c(OC)c2)c1. The van der Waals surface area contributed by atoms with E-state index in [1.807, 2.05) is 36.4 Å². The van der Waals surface area contributed by atoms with Crippen LogP contribution in [0.3, 0.4) is 0 Å². The summed E-state index contributed by atoms with van der Waals surface area (Å²) in [5.41, 5.74) is 2.17. The van der Waals surface area contributed by atoms with Crippen LogP contribution < -0.4 is 24.8 Å². The molecule has 0 amide bonds. The first-order valence-corrected chi connectivity index (χ1v) is 8.45. The summed E-state index contributed by atoms with van der Waals surface area (Å²) < 4.78 is 16.8. The summed E-state index contributed by atoms with van der Waals surface area (Å²) in [6.07, 6.45) is 0. The number of methoxy groups -OCH3 is 3. The molecule has 0 heterocycles. The molecule has 2 aromatic carbocycles. The molecule has 6 heteroatoms. The van der Waals surface area contributed by atoms with Gasteiger partial charge in [-0.1, -0.05) is 22.0 Å². The third kappa shape index (κ3) is 5.32. The minimum Gasteiger partial charge on any atom is -0.497 e. The molecule has 0 aromatic heterocycles. The second kappa shape index (κ2) is 9.39. The van der Waals surface area contributed by atoms with E-state index >= 15 is 0 Å². The van der Waals surface area contributed by atoms with Crippen molar-refractivity contribution in [1.29, 1.82) is 0 Å². The van der Waals surface area contributed by atoms with Crippen LogP contribution in [-0.2, 0) is 6.54 Å². The molecule has 5 nitrogen and oxygen atoms in total. The maximum absolute atomic E-state index is 5.31. The standard InChI is InChI=1S/C18H23BrN2O3/c1-22-16-10-14(19)9-15(11-16)21-7-6-20-12-13-4-5-17(23-2)18(8-13)24-3/h4-5,8-11,20-21H,6-7,12H2,1-3H3. The van der Waals surface area contributed by atoms with Gasteiger partial charge in [-0.2, -0.15) is 0 Å². The first-order valence-electron chi connectivity index (χ1n) is 7.66. The van der Waals surface area contributed by atoms with Crippen LogP contribution in [0.15, 0.2) is 40.9 Å². The molecule has 2 aromatic rings. The topological polar surface area (TPSA) is 51.8 Å². The number of halogens is 1. The molecule has 0 saturated heterocycles. The van der Waals surface area contributed by atoms with Gasteiger partial charge < -0.3 is 24.8 Å². The lowest BCUT2D eigenvalue weighted by molar-refractivity contribution is 0.354. The van der Waals surface area contributed by atoms with Crippen LogP contribution in [0, 0.1) is 0 Å². The molecular weight excluding hydrogens is 372 g/mol. The van der Waals surface area contributed by atoms with E-state index in [9.17, 15) is 0 Å². The molecule has 0 spiro atoms. The lowest BCUT2D eigenvalue weighted by atomic mass is 10.2. The number of nitrogens with one attached hydrogen (secondary N) is 2. The van der Waals surface area contributed by atoms with Crippen LogP contribution in [0.4, 0.5) is 5.69 Å². The Hall–Kier alpha value is -1.92. The lowest BCUT2D eigenvalue weighted by Crippen LogP contribution is -2.21. The lowest BCUT2D eigenvalue weighted by Gasteiger charge is -2.11. The Morgan fingerprint density at radius 2 is 1.67 bits per heavy atom. The van der Waals surface area contributed by atoms with Crippen LogP contribution in [0.5, 0.6) is 17.2 Å². The van der Waals surface area contributed by atoms with Gasteiger partial charge in [0.2, 0.25) is 0 Å². The summed E-state index contributed by atoms with van der Waals surface area (Å²) in [4.78, 5) is 0. The molecular formula is C18H23BrN2O3. The number of benzene rings is 2. The van der Waals surface area contributed by atoms with E-state index in [0.717, 1.165) is 52.6 Å². The Morgan fingerprint density at radius 3 is 2.38 bits per heavy atom. The van der Waals surface area contributed by atoms with Crippen molar-refractivity contribution < 1.29 is 14.2 Å². The zero-order valence-corrected chi connectivity index (χ0v) is 15.8. The van der Waals surface area contributed by atoms with Gasteiger partial charge in [0, 0.05) is 35.9 Å². The number of anilines is 1. The molecule has 2 N–H and O–H groups in total. The Labute approximate surface area is 151 Å². The first-order chi connectivity index (χ1) is 11.7. The van der Waals surface area contributed by atoms with Crippen molar-refractivity contribution in [3.8, 4) is 17.2 Å². The highest BCUT2D eigenvalue weighted by Gasteiger charge is 2.04. The van der Waals surface area contributed by atoms with Crippen LogP contribution in [0.1, 0.15) is 5.56 Å². The largest absolute Gasteiger partial charge is 0.497 e. The van der Waals surface area contributed by atoms with Gasteiger partial charge in [-0.3, -0.25) is 0 Å². The number of rotatable bonds is 9. The fraction of sp³-hybridized carbons (Fsp3) is 0.333. The molecule has 0 aliphatic heterocycles. The molecule has 0 saturated carbocycles. The summed E-state index contributed by atoms with van der Waals surface area (Å²) in [7, 11) is 4.94. The molecule has 0 fully saturated rings. The summed E-state index contributed by atoms with van der Waals surface area (Å²) in [6, 6.07) is 11.9. The minimum absolute atomic E-state index is 0.742. The summed E-state index contributed by atoms with van der Waals surface area (Å²) in [5.74, 6) is 2.31. The number of hydrogen-bond donors (Lipinski definition) is 2. The third-order valence-corrected chi connectivity index (χ3v) is 3.97. The fourth-order valence-corrected chi connectivity index (χ4v) is 2.77. The maximum atomic E-state index is 5.31. The van der Waals surface area contributed by atoms with Gasteiger partial charge in [-0.25, -0.2) is 0 Å². The Balaban J connectivity index is 1.78. The van der Waals surface area contributed by atoms with Crippen LogP contribution in [0.25, 0.3) is 0 Å². The van der Waals surface area contributed by atoms with Crippen LogP contribution in [-0.4, -0.2) is 34.4 Å². The predicted molar refractivity (Wildman–Crippen MR) is 100 cm³/mol. The number of ether oxygens (including phenoxy) is 3. The maximum Gasteiger partial charge on any atom is 0.161 e. The van der Waals surface area contributed by atoms with Gasteiger partial charge in [0.15, 0.2) is 11.5 Å². The Kier molecular flexibility index (Phi) is 7.21. The Morgan fingerprint density at radius 1 is 0.875 bits per heavy atom.